The van der Waals surface area contributed by atoms with E-state index in [0.717, 1.165) is 30.5 Å². The van der Waals surface area contributed by atoms with Gasteiger partial charge in [-0.25, -0.2) is 0 Å². The van der Waals surface area contributed by atoms with E-state index in [2.05, 4.69) is 9.88 Å². The number of amides is 1. The van der Waals surface area contributed by atoms with Gasteiger partial charge >= 0.3 is 0 Å². The Kier molecular flexibility index (Phi) is 5.27. The molecule has 0 bridgehead atoms. The van der Waals surface area contributed by atoms with Gasteiger partial charge in [0.05, 0.1) is 12.2 Å². The van der Waals surface area contributed by atoms with Crippen LogP contribution in [0.1, 0.15) is 36.7 Å². The molecule has 1 spiro atoms. The summed E-state index contributed by atoms with van der Waals surface area (Å²) in [5, 5.41) is 10.7. The Labute approximate surface area is 172 Å². The zero-order valence-corrected chi connectivity index (χ0v) is 17.5. The number of aromatic amines is 1. The van der Waals surface area contributed by atoms with Crippen molar-refractivity contribution >= 4 is 5.91 Å². The summed E-state index contributed by atoms with van der Waals surface area (Å²) >= 11 is 0. The first-order valence-corrected chi connectivity index (χ1v) is 10.4. The third-order valence-electron chi connectivity index (χ3n) is 6.54. The lowest BCUT2D eigenvalue weighted by molar-refractivity contribution is -0.205. The molecule has 6 heteroatoms. The largest absolute Gasteiger partial charge is 0.386 e. The molecule has 4 rings (SSSR count). The van der Waals surface area contributed by atoms with Gasteiger partial charge in [0.15, 0.2) is 0 Å². The number of hydrogen-bond donors (Lipinski definition) is 2. The fourth-order valence-electron chi connectivity index (χ4n) is 4.71. The summed E-state index contributed by atoms with van der Waals surface area (Å²) in [4.78, 5) is 20.3. The van der Waals surface area contributed by atoms with E-state index in [9.17, 15) is 9.90 Å². The minimum absolute atomic E-state index is 0.0361. The van der Waals surface area contributed by atoms with Gasteiger partial charge in [-0.2, -0.15) is 0 Å². The van der Waals surface area contributed by atoms with Crippen molar-refractivity contribution in [1.29, 1.82) is 0 Å². The number of aliphatic hydroxyl groups is 1. The van der Waals surface area contributed by atoms with Gasteiger partial charge in [0, 0.05) is 24.8 Å². The summed E-state index contributed by atoms with van der Waals surface area (Å²) in [5.41, 5.74) is 1.55. The molecule has 1 amide bonds. The Morgan fingerprint density at radius 2 is 1.86 bits per heavy atom. The fraction of sp³-hybridized carbons (Fsp3) is 0.522. The Morgan fingerprint density at radius 1 is 1.17 bits per heavy atom. The number of benzene rings is 1. The van der Waals surface area contributed by atoms with Crippen LogP contribution < -0.4 is 0 Å². The minimum atomic E-state index is -0.847. The summed E-state index contributed by atoms with van der Waals surface area (Å²) in [6, 6.07) is 13.9. The number of piperidine rings is 1. The van der Waals surface area contributed by atoms with Crippen molar-refractivity contribution in [2.45, 2.75) is 43.4 Å². The second-order valence-corrected chi connectivity index (χ2v) is 8.96. The quantitative estimate of drug-likeness (QED) is 0.836. The van der Waals surface area contributed by atoms with Gasteiger partial charge in [0.1, 0.15) is 11.3 Å². The third-order valence-corrected chi connectivity index (χ3v) is 6.54. The van der Waals surface area contributed by atoms with Crippen LogP contribution in [0.5, 0.6) is 0 Å². The minimum Gasteiger partial charge on any atom is -0.386 e. The van der Waals surface area contributed by atoms with E-state index >= 15 is 0 Å². The number of aromatic nitrogens is 1. The molecule has 2 aliphatic heterocycles. The number of likely N-dealkylation sites (tertiary alicyclic amines) is 1. The first-order chi connectivity index (χ1) is 13.8. The molecule has 2 aliphatic rings. The lowest BCUT2D eigenvalue weighted by Gasteiger charge is -2.52. The normalized spacial score (nSPS) is 26.8. The molecule has 156 valence electrons. The van der Waals surface area contributed by atoms with E-state index in [1.54, 1.807) is 0 Å². The van der Waals surface area contributed by atoms with E-state index in [4.69, 9.17) is 4.74 Å². The Hall–Kier alpha value is -2.15. The Bertz CT molecular complexity index is 851. The van der Waals surface area contributed by atoms with Gasteiger partial charge < -0.3 is 24.6 Å². The molecular weight excluding hydrogens is 366 g/mol. The van der Waals surface area contributed by atoms with E-state index in [-0.39, 0.29) is 17.6 Å². The molecule has 29 heavy (non-hydrogen) atoms. The van der Waals surface area contributed by atoms with Crippen LogP contribution in [-0.4, -0.2) is 76.8 Å². The van der Waals surface area contributed by atoms with Crippen molar-refractivity contribution in [3.05, 3.63) is 48.2 Å². The smallest absolute Gasteiger partial charge is 0.270 e. The molecule has 1 aromatic carbocycles. The highest BCUT2D eigenvalue weighted by Crippen LogP contribution is 2.40. The lowest BCUT2D eigenvalue weighted by Crippen LogP contribution is -2.63. The van der Waals surface area contributed by atoms with Crippen LogP contribution in [0.3, 0.4) is 0 Å². The van der Waals surface area contributed by atoms with Crippen molar-refractivity contribution in [1.82, 2.24) is 14.8 Å². The zero-order valence-electron chi connectivity index (χ0n) is 17.5. The number of nitrogens with zero attached hydrogens (tertiary/aromatic N) is 2. The molecule has 2 fully saturated rings. The maximum absolute atomic E-state index is 13.0. The van der Waals surface area contributed by atoms with Crippen LogP contribution in [0, 0.1) is 0 Å². The maximum atomic E-state index is 13.0. The van der Waals surface area contributed by atoms with Crippen LogP contribution >= 0.6 is 0 Å². The summed E-state index contributed by atoms with van der Waals surface area (Å²) in [5.74, 6) is 0.0361. The highest BCUT2D eigenvalue weighted by Gasteiger charge is 2.49. The number of carbonyl (C=O) groups excluding carboxylic acids is 1. The number of hydrogen-bond acceptors (Lipinski definition) is 4. The first kappa shape index (κ1) is 20.1. The maximum Gasteiger partial charge on any atom is 0.270 e. The molecule has 0 aliphatic carbocycles. The highest BCUT2D eigenvalue weighted by atomic mass is 16.5. The second-order valence-electron chi connectivity index (χ2n) is 8.96. The van der Waals surface area contributed by atoms with Crippen LogP contribution in [0.2, 0.25) is 0 Å². The van der Waals surface area contributed by atoms with Crippen LogP contribution in [0.25, 0.3) is 11.3 Å². The van der Waals surface area contributed by atoms with Gasteiger partial charge in [0.2, 0.25) is 0 Å². The SMILES string of the molecule is CN(C)[C@H]1CC2(CCN(C(=O)c3ccc(-c4ccccc4)[nH]3)CC2)OC[C@]1(C)O. The Morgan fingerprint density at radius 3 is 2.52 bits per heavy atom. The monoisotopic (exact) mass is 397 g/mol. The van der Waals surface area contributed by atoms with Crippen LogP contribution in [0.15, 0.2) is 42.5 Å². The van der Waals surface area contributed by atoms with E-state index in [1.165, 1.54) is 0 Å². The molecule has 0 radical (unpaired) electrons. The summed E-state index contributed by atoms with van der Waals surface area (Å²) in [7, 11) is 4.01. The standard InChI is InChI=1S/C23H31N3O3/c1-22(28)16-29-23(15-20(22)25(2)3)11-13-26(14-12-23)21(27)19-10-9-18(24-19)17-7-5-4-6-8-17/h4-10,20,24,28H,11-16H2,1-3H3/t20-,22-/m0/s1. The number of nitrogens with one attached hydrogen (secondary N) is 1. The van der Waals surface area contributed by atoms with E-state index < -0.39 is 5.60 Å². The predicted octanol–water partition coefficient (Wildman–Crippen LogP) is 2.76. The molecule has 2 saturated heterocycles. The van der Waals surface area contributed by atoms with Crippen LogP contribution in [0.4, 0.5) is 0 Å². The first-order valence-electron chi connectivity index (χ1n) is 10.4. The molecular formula is C23H31N3O3. The number of rotatable bonds is 3. The van der Waals surface area contributed by atoms with Gasteiger partial charge in [0.25, 0.3) is 5.91 Å². The number of carbonyl (C=O) groups is 1. The van der Waals surface area contributed by atoms with Gasteiger partial charge in [-0.1, -0.05) is 30.3 Å². The molecule has 0 unspecified atom stereocenters. The van der Waals surface area contributed by atoms with Crippen molar-refractivity contribution in [2.24, 2.45) is 0 Å². The molecule has 6 nitrogen and oxygen atoms in total. The van der Waals surface area contributed by atoms with Gasteiger partial charge in [-0.3, -0.25) is 4.79 Å². The summed E-state index contributed by atoms with van der Waals surface area (Å²) in [6.07, 6.45) is 2.38. The Balaban J connectivity index is 1.41. The predicted molar refractivity (Wildman–Crippen MR) is 113 cm³/mol. The molecule has 2 atom stereocenters. The third kappa shape index (κ3) is 3.97. The fourth-order valence-corrected chi connectivity index (χ4v) is 4.71. The molecule has 2 N–H and O–H groups in total. The van der Waals surface area contributed by atoms with E-state index in [1.807, 2.05) is 68.4 Å². The van der Waals surface area contributed by atoms with Crippen molar-refractivity contribution in [2.75, 3.05) is 33.8 Å². The van der Waals surface area contributed by atoms with Crippen molar-refractivity contribution in [3.8, 4) is 11.3 Å². The van der Waals surface area contributed by atoms with Crippen LogP contribution in [-0.2, 0) is 4.74 Å². The summed E-state index contributed by atoms with van der Waals surface area (Å²) < 4.78 is 6.18. The van der Waals surface area contributed by atoms with Crippen molar-refractivity contribution in [3.63, 3.8) is 0 Å². The number of ether oxygens (including phenoxy) is 1. The summed E-state index contributed by atoms with van der Waals surface area (Å²) in [6.45, 7) is 3.52. The van der Waals surface area contributed by atoms with Crippen molar-refractivity contribution < 1.29 is 14.6 Å². The zero-order chi connectivity index (χ0) is 20.6. The highest BCUT2D eigenvalue weighted by molar-refractivity contribution is 5.93. The molecule has 1 aromatic heterocycles. The topological polar surface area (TPSA) is 68.8 Å². The average molecular weight is 398 g/mol. The number of likely N-dealkylation sites (N-methyl/N-ethyl adjacent to an activating group) is 1. The number of H-pyrrole nitrogens is 1. The average Bonchev–Trinajstić information content (AvgIpc) is 3.21. The molecule has 0 saturated carbocycles. The molecule has 2 aromatic rings. The molecule has 3 heterocycles. The lowest BCUT2D eigenvalue weighted by atomic mass is 9.77. The van der Waals surface area contributed by atoms with E-state index in [0.29, 0.717) is 25.4 Å². The van der Waals surface area contributed by atoms with Gasteiger partial charge in [-0.05, 0) is 58.0 Å². The van der Waals surface area contributed by atoms with Gasteiger partial charge in [-0.15, -0.1) is 0 Å². The second kappa shape index (κ2) is 7.59.